The van der Waals surface area contributed by atoms with Crippen LogP contribution >= 0.6 is 0 Å². The molecular formula is C17H18FNO3. The summed E-state index contributed by atoms with van der Waals surface area (Å²) in [5.41, 5.74) is 1.82. The zero-order valence-corrected chi connectivity index (χ0v) is 12.6. The molecule has 0 heterocycles. The van der Waals surface area contributed by atoms with E-state index in [4.69, 9.17) is 9.47 Å². The highest BCUT2D eigenvalue weighted by Crippen LogP contribution is 2.21. The van der Waals surface area contributed by atoms with Crippen molar-refractivity contribution in [3.8, 4) is 5.75 Å². The van der Waals surface area contributed by atoms with Gasteiger partial charge < -0.3 is 14.8 Å². The fourth-order valence-corrected chi connectivity index (χ4v) is 1.98. The molecule has 0 aliphatic carbocycles. The molecular weight excluding hydrogens is 285 g/mol. The van der Waals surface area contributed by atoms with E-state index in [1.807, 2.05) is 6.92 Å². The van der Waals surface area contributed by atoms with Crippen LogP contribution in [0.3, 0.4) is 0 Å². The molecule has 0 saturated heterocycles. The minimum absolute atomic E-state index is 0.271. The van der Waals surface area contributed by atoms with E-state index in [-0.39, 0.29) is 11.7 Å². The number of carbonyl (C=O) groups is 1. The molecule has 0 bridgehead atoms. The van der Waals surface area contributed by atoms with Crippen molar-refractivity contribution in [1.82, 2.24) is 0 Å². The van der Waals surface area contributed by atoms with Gasteiger partial charge in [0.2, 0.25) is 0 Å². The van der Waals surface area contributed by atoms with Crippen LogP contribution in [0.2, 0.25) is 0 Å². The molecule has 0 radical (unpaired) electrons. The number of benzene rings is 2. The first-order valence-electron chi connectivity index (χ1n) is 6.95. The van der Waals surface area contributed by atoms with Gasteiger partial charge in [-0.3, -0.25) is 4.79 Å². The summed E-state index contributed by atoms with van der Waals surface area (Å²) in [6.07, 6.45) is 0. The Kier molecular flexibility index (Phi) is 5.49. The lowest BCUT2D eigenvalue weighted by Crippen LogP contribution is -2.12. The minimum Gasteiger partial charge on any atom is -0.496 e. The van der Waals surface area contributed by atoms with Gasteiger partial charge in [0, 0.05) is 23.4 Å². The van der Waals surface area contributed by atoms with E-state index in [0.717, 1.165) is 5.56 Å². The number of hydrogen-bond donors (Lipinski definition) is 1. The zero-order valence-electron chi connectivity index (χ0n) is 12.6. The van der Waals surface area contributed by atoms with E-state index in [1.54, 1.807) is 25.3 Å². The van der Waals surface area contributed by atoms with Gasteiger partial charge in [0.15, 0.2) is 0 Å². The first-order valence-corrected chi connectivity index (χ1v) is 6.95. The lowest BCUT2D eigenvalue weighted by Gasteiger charge is -2.11. The molecule has 0 atom stereocenters. The number of amides is 1. The SMILES string of the molecule is CCOCc1cc(C(=O)Nc2ccc(F)cc2)ccc1OC. The normalized spacial score (nSPS) is 10.3. The van der Waals surface area contributed by atoms with E-state index in [2.05, 4.69) is 5.32 Å². The van der Waals surface area contributed by atoms with Crippen molar-refractivity contribution >= 4 is 11.6 Å². The summed E-state index contributed by atoms with van der Waals surface area (Å²) in [6.45, 7) is 2.85. The number of halogens is 1. The van der Waals surface area contributed by atoms with E-state index in [0.29, 0.717) is 30.2 Å². The Morgan fingerprint density at radius 3 is 2.55 bits per heavy atom. The van der Waals surface area contributed by atoms with E-state index in [9.17, 15) is 9.18 Å². The van der Waals surface area contributed by atoms with E-state index < -0.39 is 0 Å². The van der Waals surface area contributed by atoms with Gasteiger partial charge >= 0.3 is 0 Å². The van der Waals surface area contributed by atoms with Crippen LogP contribution in [-0.4, -0.2) is 19.6 Å². The smallest absolute Gasteiger partial charge is 0.255 e. The highest BCUT2D eigenvalue weighted by molar-refractivity contribution is 6.04. The van der Waals surface area contributed by atoms with Crippen LogP contribution in [0, 0.1) is 5.82 Å². The summed E-state index contributed by atoms with van der Waals surface area (Å²) in [6, 6.07) is 10.7. The zero-order chi connectivity index (χ0) is 15.9. The van der Waals surface area contributed by atoms with Gasteiger partial charge in [-0.15, -0.1) is 0 Å². The van der Waals surface area contributed by atoms with Crippen molar-refractivity contribution in [1.29, 1.82) is 0 Å². The maximum absolute atomic E-state index is 12.9. The molecule has 5 heteroatoms. The number of hydrogen-bond acceptors (Lipinski definition) is 3. The van der Waals surface area contributed by atoms with Crippen LogP contribution in [0.15, 0.2) is 42.5 Å². The highest BCUT2D eigenvalue weighted by Gasteiger charge is 2.11. The first kappa shape index (κ1) is 16.0. The summed E-state index contributed by atoms with van der Waals surface area (Å²) < 4.78 is 23.5. The first-order chi connectivity index (χ1) is 10.6. The molecule has 0 fully saturated rings. The molecule has 22 heavy (non-hydrogen) atoms. The molecule has 0 aliphatic rings. The van der Waals surface area contributed by atoms with Crippen molar-refractivity contribution in [2.24, 2.45) is 0 Å². The minimum atomic E-state index is -0.346. The maximum Gasteiger partial charge on any atom is 0.255 e. The summed E-state index contributed by atoms with van der Waals surface area (Å²) in [4.78, 5) is 12.2. The van der Waals surface area contributed by atoms with Crippen LogP contribution in [-0.2, 0) is 11.3 Å². The van der Waals surface area contributed by atoms with Gasteiger partial charge in [0.25, 0.3) is 5.91 Å². The average molecular weight is 303 g/mol. The molecule has 0 saturated carbocycles. The second-order valence-corrected chi connectivity index (χ2v) is 4.62. The maximum atomic E-state index is 12.9. The van der Waals surface area contributed by atoms with Crippen molar-refractivity contribution in [3.63, 3.8) is 0 Å². The lowest BCUT2D eigenvalue weighted by molar-refractivity contribution is 0.102. The van der Waals surface area contributed by atoms with Gasteiger partial charge in [-0.2, -0.15) is 0 Å². The number of carbonyl (C=O) groups excluding carboxylic acids is 1. The Morgan fingerprint density at radius 2 is 1.91 bits per heavy atom. The van der Waals surface area contributed by atoms with Crippen LogP contribution in [0.5, 0.6) is 5.75 Å². The molecule has 116 valence electrons. The Balaban J connectivity index is 2.16. The second-order valence-electron chi connectivity index (χ2n) is 4.62. The van der Waals surface area contributed by atoms with Crippen LogP contribution in [0.1, 0.15) is 22.8 Å². The summed E-state index contributed by atoms with van der Waals surface area (Å²) in [7, 11) is 1.57. The molecule has 0 spiro atoms. The number of anilines is 1. The Hall–Kier alpha value is -2.40. The molecule has 1 N–H and O–H groups in total. The average Bonchev–Trinajstić information content (AvgIpc) is 2.54. The third kappa shape index (κ3) is 4.05. The van der Waals surface area contributed by atoms with Gasteiger partial charge in [-0.25, -0.2) is 4.39 Å². The number of rotatable bonds is 6. The van der Waals surface area contributed by atoms with Gasteiger partial charge in [-0.05, 0) is 49.4 Å². The third-order valence-corrected chi connectivity index (χ3v) is 3.11. The number of methoxy groups -OCH3 is 1. The second kappa shape index (κ2) is 7.56. The summed E-state index contributed by atoms with van der Waals surface area (Å²) in [5.74, 6) is 0.0558. The van der Waals surface area contributed by atoms with Crippen molar-refractivity contribution in [2.45, 2.75) is 13.5 Å². The van der Waals surface area contributed by atoms with Crippen molar-refractivity contribution in [3.05, 3.63) is 59.4 Å². The van der Waals surface area contributed by atoms with Crippen LogP contribution < -0.4 is 10.1 Å². The van der Waals surface area contributed by atoms with Gasteiger partial charge in [0.05, 0.1) is 13.7 Å². The Bertz CT molecular complexity index is 641. The van der Waals surface area contributed by atoms with Crippen molar-refractivity contribution in [2.75, 3.05) is 19.0 Å². The molecule has 4 nitrogen and oxygen atoms in total. The number of ether oxygens (including phenoxy) is 2. The quantitative estimate of drug-likeness (QED) is 0.886. The molecule has 2 rings (SSSR count). The fourth-order valence-electron chi connectivity index (χ4n) is 1.98. The monoisotopic (exact) mass is 303 g/mol. The topological polar surface area (TPSA) is 47.6 Å². The molecule has 2 aromatic rings. The van der Waals surface area contributed by atoms with Gasteiger partial charge in [-0.1, -0.05) is 0 Å². The van der Waals surface area contributed by atoms with Crippen LogP contribution in [0.25, 0.3) is 0 Å². The standard InChI is InChI=1S/C17H18FNO3/c1-3-22-11-13-10-12(4-9-16(13)21-2)17(20)19-15-7-5-14(18)6-8-15/h4-10H,3,11H2,1-2H3,(H,19,20). The largest absolute Gasteiger partial charge is 0.496 e. The molecule has 0 aromatic heterocycles. The molecule has 1 amide bonds. The van der Waals surface area contributed by atoms with Gasteiger partial charge in [0.1, 0.15) is 11.6 Å². The predicted molar refractivity (Wildman–Crippen MR) is 82.7 cm³/mol. The lowest BCUT2D eigenvalue weighted by atomic mass is 10.1. The highest BCUT2D eigenvalue weighted by atomic mass is 19.1. The molecule has 2 aromatic carbocycles. The van der Waals surface area contributed by atoms with Crippen molar-refractivity contribution < 1.29 is 18.7 Å². The Morgan fingerprint density at radius 1 is 1.18 bits per heavy atom. The third-order valence-electron chi connectivity index (χ3n) is 3.11. The summed E-state index contributed by atoms with van der Waals surface area (Å²) >= 11 is 0. The van der Waals surface area contributed by atoms with E-state index >= 15 is 0 Å². The van der Waals surface area contributed by atoms with E-state index in [1.165, 1.54) is 24.3 Å². The Labute approximate surface area is 128 Å². The van der Waals surface area contributed by atoms with Crippen LogP contribution in [0.4, 0.5) is 10.1 Å². The number of nitrogens with one attached hydrogen (secondary N) is 1. The molecule has 0 unspecified atom stereocenters. The fraction of sp³-hybridized carbons (Fsp3) is 0.235. The predicted octanol–water partition coefficient (Wildman–Crippen LogP) is 3.62. The summed E-state index contributed by atoms with van der Waals surface area (Å²) in [5, 5.41) is 2.72. The molecule has 0 aliphatic heterocycles.